The van der Waals surface area contributed by atoms with E-state index in [0.29, 0.717) is 18.6 Å². The molecular formula is C50H54Cl2Zr. The van der Waals surface area contributed by atoms with Crippen LogP contribution < -0.4 is 24.8 Å². The largest absolute Gasteiger partial charge is 1.00 e. The van der Waals surface area contributed by atoms with Crippen LogP contribution in [0.4, 0.5) is 0 Å². The van der Waals surface area contributed by atoms with Crippen molar-refractivity contribution in [3.63, 3.8) is 0 Å². The first-order valence-electron chi connectivity index (χ1n) is 20.6. The van der Waals surface area contributed by atoms with Crippen LogP contribution in [0, 0.1) is 23.7 Å². The molecule has 2 atom stereocenters. The van der Waals surface area contributed by atoms with Crippen LogP contribution in [0.5, 0.6) is 0 Å². The van der Waals surface area contributed by atoms with E-state index < -0.39 is 23.2 Å². The van der Waals surface area contributed by atoms with E-state index in [1.54, 1.807) is 27.8 Å². The zero-order valence-corrected chi connectivity index (χ0v) is 35.8. The zero-order valence-electron chi connectivity index (χ0n) is 31.8. The maximum atomic E-state index is 2.71. The molecule has 272 valence electrons. The SMILES string of the molecule is CC1=Cc2c(-c3ccc(C45CC6CC(CC(C6)C4)C5)cc3)cccc2[CH]1[Zr+2][CH]1C(C2CCCCC2)=Cc2c(-c3ccc(C(C)C)cc3)cccc21.[Cl-].[Cl-]. The number of halogens is 2. The molecule has 0 amide bonds. The molecule has 5 fully saturated rings. The number of benzene rings is 4. The molecule has 5 saturated carbocycles. The predicted molar refractivity (Wildman–Crippen MR) is 211 cm³/mol. The molecule has 0 heterocycles. The van der Waals surface area contributed by atoms with Gasteiger partial charge in [-0.1, -0.05) is 0 Å². The number of fused-ring (bicyclic) bond motifs is 2. The van der Waals surface area contributed by atoms with Crippen molar-refractivity contribution in [2.75, 3.05) is 0 Å². The second-order valence-corrected chi connectivity index (χ2v) is 21.7. The maximum absolute atomic E-state index is 2.71. The summed E-state index contributed by atoms with van der Waals surface area (Å²) in [7, 11) is 0. The summed E-state index contributed by atoms with van der Waals surface area (Å²) in [5.41, 5.74) is 19.0. The second kappa shape index (κ2) is 15.1. The number of allylic oxidation sites excluding steroid dienone is 2. The standard InChI is InChI=1S/C26H27.C24H27.2ClH.Zr/c1-17-9-22-3-2-4-24(25(22)10-17)21-5-7-23(8-6-21)26-14-18-11-19(15-26)13-20(12-18)16-26;1-17(2)18-11-13-20(14-12-18)23-10-6-9-21-15-22(16-24(21)23)19-7-4-3-5-8-19;;;/h2-10,18-20H,11-16H2,1H3;6,9-17,19H,3-5,7-8H2,1-2H3;2*1H;/q;;;;+2/p-2. The Balaban J connectivity index is 0.00000200. The van der Waals surface area contributed by atoms with Crippen molar-refractivity contribution < 1.29 is 48.0 Å². The fraction of sp³-hybridized carbons (Fsp3) is 0.440. The van der Waals surface area contributed by atoms with E-state index in [-0.39, 0.29) is 24.8 Å². The minimum atomic E-state index is -0.960. The van der Waals surface area contributed by atoms with Crippen molar-refractivity contribution in [1.82, 2.24) is 0 Å². The molecule has 0 nitrogen and oxygen atoms in total. The summed E-state index contributed by atoms with van der Waals surface area (Å²) in [6, 6.07) is 34.1. The van der Waals surface area contributed by atoms with E-state index in [9.17, 15) is 0 Å². The number of hydrogen-bond acceptors (Lipinski definition) is 0. The second-order valence-electron chi connectivity index (χ2n) is 18.1. The third-order valence-electron chi connectivity index (χ3n) is 14.5. The zero-order chi connectivity index (χ0) is 34.3. The molecule has 0 radical (unpaired) electrons. The summed E-state index contributed by atoms with van der Waals surface area (Å²) in [5, 5.41) is 0. The van der Waals surface area contributed by atoms with Gasteiger partial charge in [-0.2, -0.15) is 0 Å². The summed E-state index contributed by atoms with van der Waals surface area (Å²) < 4.78 is 1.29. The van der Waals surface area contributed by atoms with Gasteiger partial charge in [0, 0.05) is 0 Å². The normalized spacial score (nSPS) is 28.0. The molecule has 0 spiro atoms. The topological polar surface area (TPSA) is 0 Å². The molecule has 4 aromatic rings. The van der Waals surface area contributed by atoms with Gasteiger partial charge in [-0.3, -0.25) is 0 Å². The molecule has 7 aliphatic rings. The molecule has 0 saturated heterocycles. The maximum Gasteiger partial charge on any atom is -1.00 e. The van der Waals surface area contributed by atoms with E-state index in [1.807, 2.05) is 0 Å². The monoisotopic (exact) mass is 814 g/mol. The molecule has 7 aliphatic carbocycles. The van der Waals surface area contributed by atoms with Gasteiger partial charge in [0.25, 0.3) is 0 Å². The van der Waals surface area contributed by atoms with E-state index in [1.165, 1.54) is 110 Å². The summed E-state index contributed by atoms with van der Waals surface area (Å²) in [5.74, 6) is 4.30. The van der Waals surface area contributed by atoms with Crippen LogP contribution in [-0.2, 0) is 28.6 Å². The van der Waals surface area contributed by atoms with Crippen molar-refractivity contribution in [1.29, 1.82) is 0 Å². The Morgan fingerprint density at radius 3 is 1.70 bits per heavy atom. The van der Waals surface area contributed by atoms with Gasteiger partial charge in [0.2, 0.25) is 0 Å². The van der Waals surface area contributed by atoms with E-state index >= 15 is 0 Å². The Hall–Kier alpha value is -2.18. The van der Waals surface area contributed by atoms with Gasteiger partial charge in [0.05, 0.1) is 0 Å². The van der Waals surface area contributed by atoms with Crippen molar-refractivity contribution in [2.45, 2.75) is 110 Å². The molecule has 53 heavy (non-hydrogen) atoms. The van der Waals surface area contributed by atoms with Crippen molar-refractivity contribution in [3.8, 4) is 22.3 Å². The first-order valence-corrected chi connectivity index (χ1v) is 23.4. The average Bonchev–Trinajstić information content (AvgIpc) is 3.68. The number of rotatable bonds is 7. The molecular weight excluding hydrogens is 763 g/mol. The molecule has 0 aliphatic heterocycles. The first-order chi connectivity index (χ1) is 24.9. The minimum absolute atomic E-state index is 0. The molecule has 0 N–H and O–H groups in total. The van der Waals surface area contributed by atoms with Gasteiger partial charge < -0.3 is 24.8 Å². The van der Waals surface area contributed by atoms with Gasteiger partial charge in [-0.05, 0) is 0 Å². The van der Waals surface area contributed by atoms with E-state index in [0.717, 1.165) is 23.7 Å². The average molecular weight is 817 g/mol. The van der Waals surface area contributed by atoms with Crippen LogP contribution >= 0.6 is 0 Å². The van der Waals surface area contributed by atoms with Crippen LogP contribution in [0.3, 0.4) is 0 Å². The molecule has 4 aromatic carbocycles. The Labute approximate surface area is 343 Å². The van der Waals surface area contributed by atoms with Crippen LogP contribution in [0.25, 0.3) is 34.4 Å². The Kier molecular flexibility index (Phi) is 10.7. The van der Waals surface area contributed by atoms with Gasteiger partial charge >= 0.3 is 321 Å². The van der Waals surface area contributed by atoms with Gasteiger partial charge in [0.1, 0.15) is 0 Å². The first kappa shape index (κ1) is 37.7. The Morgan fingerprint density at radius 1 is 0.604 bits per heavy atom. The van der Waals surface area contributed by atoms with Crippen molar-refractivity contribution >= 4 is 12.2 Å². The van der Waals surface area contributed by atoms with Crippen LogP contribution in [0.1, 0.15) is 138 Å². The predicted octanol–water partition coefficient (Wildman–Crippen LogP) is 7.88. The molecule has 2 unspecified atom stereocenters. The van der Waals surface area contributed by atoms with Crippen molar-refractivity contribution in [2.24, 2.45) is 23.7 Å². The van der Waals surface area contributed by atoms with Crippen molar-refractivity contribution in [3.05, 3.63) is 129 Å². The number of hydrogen-bond donors (Lipinski definition) is 0. The van der Waals surface area contributed by atoms with Gasteiger partial charge in [-0.15, -0.1) is 0 Å². The van der Waals surface area contributed by atoms with Gasteiger partial charge in [-0.25, -0.2) is 0 Å². The quantitative estimate of drug-likeness (QED) is 0.178. The summed E-state index contributed by atoms with van der Waals surface area (Å²) >= 11 is -0.960. The van der Waals surface area contributed by atoms with Gasteiger partial charge in [0.15, 0.2) is 0 Å². The fourth-order valence-corrected chi connectivity index (χ4v) is 17.4. The molecule has 4 bridgehead atoms. The molecule has 3 heteroatoms. The summed E-state index contributed by atoms with van der Waals surface area (Å²) in [6.07, 6.45) is 21.2. The smallest absolute Gasteiger partial charge is 1.00 e. The fourth-order valence-electron chi connectivity index (χ4n) is 12.4. The third kappa shape index (κ3) is 6.66. The summed E-state index contributed by atoms with van der Waals surface area (Å²) in [4.78, 5) is 0. The van der Waals surface area contributed by atoms with E-state index in [4.69, 9.17) is 0 Å². The van der Waals surface area contributed by atoms with E-state index in [2.05, 4.69) is 118 Å². The summed E-state index contributed by atoms with van der Waals surface area (Å²) in [6.45, 7) is 7.05. The Morgan fingerprint density at radius 2 is 1.13 bits per heavy atom. The minimum Gasteiger partial charge on any atom is -1.00 e. The van der Waals surface area contributed by atoms with Crippen LogP contribution in [0.15, 0.2) is 96.1 Å². The third-order valence-corrected chi connectivity index (χ3v) is 19.6. The van der Waals surface area contributed by atoms with Crippen LogP contribution in [-0.4, -0.2) is 0 Å². The molecule has 11 rings (SSSR count). The molecule has 0 aromatic heterocycles. The van der Waals surface area contributed by atoms with Crippen LogP contribution in [0.2, 0.25) is 0 Å². The Bertz CT molecular complexity index is 1990.